The molecule has 0 radical (unpaired) electrons. The predicted octanol–water partition coefficient (Wildman–Crippen LogP) is 3.05. The van der Waals surface area contributed by atoms with E-state index in [9.17, 15) is 0 Å². The van der Waals surface area contributed by atoms with E-state index in [1.807, 2.05) is 35.7 Å². The summed E-state index contributed by atoms with van der Waals surface area (Å²) in [6, 6.07) is 9.57. The van der Waals surface area contributed by atoms with Crippen molar-refractivity contribution < 1.29 is 4.52 Å². The number of hydrogen-bond donors (Lipinski definition) is 0. The number of hydrogen-bond acceptors (Lipinski definition) is 6. The van der Waals surface area contributed by atoms with Crippen molar-refractivity contribution in [1.29, 1.82) is 5.26 Å². The van der Waals surface area contributed by atoms with Crippen molar-refractivity contribution in [2.75, 3.05) is 17.3 Å². The number of nitrogens with zero attached hydrogens (tertiary/aromatic N) is 3. The van der Waals surface area contributed by atoms with Crippen molar-refractivity contribution in [2.24, 2.45) is 0 Å². The monoisotopic (exact) mass is 303 g/mol. The zero-order chi connectivity index (χ0) is 13.8. The maximum atomic E-state index is 8.77. The third kappa shape index (κ3) is 3.17. The van der Waals surface area contributed by atoms with Gasteiger partial charge in [-0.05, 0) is 17.7 Å². The third-order valence-electron chi connectivity index (χ3n) is 3.03. The molecule has 1 unspecified atom stereocenters. The van der Waals surface area contributed by atoms with Crippen molar-refractivity contribution in [1.82, 2.24) is 10.1 Å². The summed E-state index contributed by atoms with van der Waals surface area (Å²) in [6.45, 7) is 0. The molecule has 102 valence electrons. The second kappa shape index (κ2) is 6.33. The van der Waals surface area contributed by atoms with Crippen LogP contribution < -0.4 is 0 Å². The van der Waals surface area contributed by atoms with Gasteiger partial charge < -0.3 is 4.52 Å². The lowest BCUT2D eigenvalue weighted by Crippen LogP contribution is -2.08. The summed E-state index contributed by atoms with van der Waals surface area (Å²) in [4.78, 5) is 4.49. The molecule has 0 bridgehead atoms. The standard InChI is InChI=1S/C14H13N3OS2/c15-8-11-3-1-10(2-4-11)7-13-16-14(17-18-13)12-9-19-5-6-20-12/h1-4,12H,5-7,9H2. The normalized spacial score (nSPS) is 18.6. The van der Waals surface area contributed by atoms with E-state index < -0.39 is 0 Å². The summed E-state index contributed by atoms with van der Waals surface area (Å²) in [5, 5.41) is 13.2. The van der Waals surface area contributed by atoms with Gasteiger partial charge in [0.25, 0.3) is 0 Å². The van der Waals surface area contributed by atoms with Gasteiger partial charge in [-0.15, -0.1) is 11.8 Å². The van der Waals surface area contributed by atoms with Gasteiger partial charge >= 0.3 is 0 Å². The van der Waals surface area contributed by atoms with Gasteiger partial charge in [0, 0.05) is 17.3 Å². The minimum absolute atomic E-state index is 0.354. The van der Waals surface area contributed by atoms with Gasteiger partial charge in [0.2, 0.25) is 5.89 Å². The highest BCUT2D eigenvalue weighted by molar-refractivity contribution is 8.06. The Bertz CT molecular complexity index is 612. The highest BCUT2D eigenvalue weighted by atomic mass is 32.2. The SMILES string of the molecule is N#Cc1ccc(Cc2nc(C3CSCCS3)no2)cc1. The zero-order valence-electron chi connectivity index (χ0n) is 10.8. The molecule has 1 aromatic carbocycles. The highest BCUT2D eigenvalue weighted by Gasteiger charge is 2.21. The van der Waals surface area contributed by atoms with Gasteiger partial charge in [-0.2, -0.15) is 22.0 Å². The summed E-state index contributed by atoms with van der Waals surface area (Å²) in [5.74, 6) is 4.86. The molecule has 1 saturated heterocycles. The third-order valence-corrected chi connectivity index (χ3v) is 5.78. The van der Waals surface area contributed by atoms with E-state index in [0.29, 0.717) is 23.1 Å². The maximum Gasteiger partial charge on any atom is 0.231 e. The Hall–Kier alpha value is -1.45. The fourth-order valence-electron chi connectivity index (χ4n) is 1.98. The first-order chi connectivity index (χ1) is 9.85. The van der Waals surface area contributed by atoms with Crippen LogP contribution in [0.5, 0.6) is 0 Å². The number of benzene rings is 1. The molecule has 0 saturated carbocycles. The lowest BCUT2D eigenvalue weighted by atomic mass is 10.1. The first-order valence-corrected chi connectivity index (χ1v) is 8.56. The van der Waals surface area contributed by atoms with E-state index in [1.165, 1.54) is 5.75 Å². The summed E-state index contributed by atoms with van der Waals surface area (Å²) in [7, 11) is 0. The largest absolute Gasteiger partial charge is 0.339 e. The molecule has 1 aliphatic rings. The molecular formula is C14H13N3OS2. The van der Waals surface area contributed by atoms with Crippen LogP contribution in [0.3, 0.4) is 0 Å². The van der Waals surface area contributed by atoms with Crippen molar-refractivity contribution in [3.8, 4) is 6.07 Å². The Morgan fingerprint density at radius 2 is 2.15 bits per heavy atom. The van der Waals surface area contributed by atoms with E-state index in [2.05, 4.69) is 16.2 Å². The van der Waals surface area contributed by atoms with Crippen LogP contribution in [0.15, 0.2) is 28.8 Å². The Labute approximate surface area is 125 Å². The van der Waals surface area contributed by atoms with E-state index in [1.54, 1.807) is 12.1 Å². The van der Waals surface area contributed by atoms with Crippen molar-refractivity contribution in [3.05, 3.63) is 47.1 Å². The predicted molar refractivity (Wildman–Crippen MR) is 80.8 cm³/mol. The molecule has 3 rings (SSSR count). The van der Waals surface area contributed by atoms with Gasteiger partial charge in [-0.1, -0.05) is 17.3 Å². The molecular weight excluding hydrogens is 290 g/mol. The summed E-state index contributed by atoms with van der Waals surface area (Å²) in [6.07, 6.45) is 0.614. The molecule has 0 N–H and O–H groups in total. The van der Waals surface area contributed by atoms with Gasteiger partial charge in [0.1, 0.15) is 0 Å². The molecule has 1 fully saturated rings. The summed E-state index contributed by atoms with van der Waals surface area (Å²) < 4.78 is 5.33. The van der Waals surface area contributed by atoms with Crippen LogP contribution in [0, 0.1) is 11.3 Å². The van der Waals surface area contributed by atoms with E-state index in [4.69, 9.17) is 9.78 Å². The van der Waals surface area contributed by atoms with Crippen molar-refractivity contribution in [3.63, 3.8) is 0 Å². The lowest BCUT2D eigenvalue weighted by molar-refractivity contribution is 0.379. The number of thioether (sulfide) groups is 2. The molecule has 1 aliphatic heterocycles. The molecule has 4 nitrogen and oxygen atoms in total. The zero-order valence-corrected chi connectivity index (χ0v) is 12.4. The Balaban J connectivity index is 1.68. The highest BCUT2D eigenvalue weighted by Crippen LogP contribution is 2.35. The molecule has 2 aromatic rings. The van der Waals surface area contributed by atoms with Crippen LogP contribution in [-0.4, -0.2) is 27.4 Å². The smallest absolute Gasteiger partial charge is 0.231 e. The molecule has 0 aliphatic carbocycles. The van der Waals surface area contributed by atoms with Gasteiger partial charge in [0.15, 0.2) is 5.82 Å². The Morgan fingerprint density at radius 1 is 1.30 bits per heavy atom. The number of aromatic nitrogens is 2. The minimum Gasteiger partial charge on any atom is -0.339 e. The summed E-state index contributed by atoms with van der Waals surface area (Å²) >= 11 is 3.84. The van der Waals surface area contributed by atoms with Crippen LogP contribution in [0.1, 0.15) is 28.1 Å². The Morgan fingerprint density at radius 3 is 2.85 bits per heavy atom. The van der Waals surface area contributed by atoms with Crippen LogP contribution in [0.25, 0.3) is 0 Å². The molecule has 20 heavy (non-hydrogen) atoms. The second-order valence-corrected chi connectivity index (χ2v) is 6.93. The molecule has 0 amide bonds. The number of nitriles is 1. The molecule has 1 atom stereocenters. The van der Waals surface area contributed by atoms with Crippen LogP contribution in [0.4, 0.5) is 0 Å². The fourth-order valence-corrected chi connectivity index (χ4v) is 4.57. The van der Waals surface area contributed by atoms with E-state index in [-0.39, 0.29) is 0 Å². The average Bonchev–Trinajstić information content (AvgIpc) is 2.97. The van der Waals surface area contributed by atoms with E-state index in [0.717, 1.165) is 22.9 Å². The van der Waals surface area contributed by atoms with Gasteiger partial charge in [0.05, 0.1) is 23.3 Å². The fraction of sp³-hybridized carbons (Fsp3) is 0.357. The topological polar surface area (TPSA) is 62.7 Å². The van der Waals surface area contributed by atoms with Crippen molar-refractivity contribution >= 4 is 23.5 Å². The van der Waals surface area contributed by atoms with Crippen LogP contribution in [0.2, 0.25) is 0 Å². The maximum absolute atomic E-state index is 8.77. The Kier molecular flexibility index (Phi) is 4.28. The minimum atomic E-state index is 0.354. The van der Waals surface area contributed by atoms with Gasteiger partial charge in [-0.25, -0.2) is 0 Å². The first-order valence-electron chi connectivity index (χ1n) is 6.36. The number of rotatable bonds is 3. The van der Waals surface area contributed by atoms with Crippen LogP contribution in [-0.2, 0) is 6.42 Å². The molecule has 0 spiro atoms. The van der Waals surface area contributed by atoms with Crippen molar-refractivity contribution in [2.45, 2.75) is 11.7 Å². The average molecular weight is 303 g/mol. The second-order valence-electron chi connectivity index (χ2n) is 4.47. The lowest BCUT2D eigenvalue weighted by Gasteiger charge is -2.16. The molecule has 6 heteroatoms. The van der Waals surface area contributed by atoms with E-state index >= 15 is 0 Å². The quantitative estimate of drug-likeness (QED) is 0.868. The first kappa shape index (κ1) is 13.5. The molecule has 2 heterocycles. The van der Waals surface area contributed by atoms with Crippen LogP contribution >= 0.6 is 23.5 Å². The van der Waals surface area contributed by atoms with Gasteiger partial charge in [-0.3, -0.25) is 0 Å². The molecule has 1 aromatic heterocycles. The summed E-state index contributed by atoms with van der Waals surface area (Å²) in [5.41, 5.74) is 1.74.